The fraction of sp³-hybridized carbons (Fsp3) is 0.308. The Morgan fingerprint density at radius 3 is 2.75 bits per heavy atom. The summed E-state index contributed by atoms with van der Waals surface area (Å²) in [6.45, 7) is 0.872. The number of thioether (sulfide) groups is 1. The molecule has 2 saturated heterocycles. The first-order chi connectivity index (χ1) is 9.65. The normalized spacial score (nSPS) is 20.0. The molecule has 0 atom stereocenters. The van der Waals surface area contributed by atoms with Gasteiger partial charge in [-0.1, -0.05) is 17.8 Å². The third kappa shape index (κ3) is 2.51. The van der Waals surface area contributed by atoms with Gasteiger partial charge >= 0.3 is 0 Å². The van der Waals surface area contributed by atoms with Crippen molar-refractivity contribution in [3.05, 3.63) is 28.5 Å². The largest absolute Gasteiger partial charge is 0.335 e. The Bertz CT molecular complexity index is 560. The summed E-state index contributed by atoms with van der Waals surface area (Å²) >= 11 is 2.60. The molecule has 0 bridgehead atoms. The minimum Gasteiger partial charge on any atom is -0.335 e. The van der Waals surface area contributed by atoms with Gasteiger partial charge in [-0.3, -0.25) is 19.3 Å². The molecule has 5 nitrogen and oxygen atoms in total. The quantitative estimate of drug-likeness (QED) is 0.797. The van der Waals surface area contributed by atoms with Gasteiger partial charge in [-0.15, -0.1) is 11.3 Å². The maximum Gasteiger partial charge on any atom is 0.289 e. The van der Waals surface area contributed by atoms with Crippen LogP contribution in [0.15, 0.2) is 23.6 Å². The molecule has 1 aromatic heterocycles. The molecular weight excluding hydrogens is 296 g/mol. The SMILES string of the molecule is O=C(C=Cc1cccs1)N1CC(N2C(=O)CSC2=O)C1. The van der Waals surface area contributed by atoms with E-state index in [2.05, 4.69) is 0 Å². The number of hydrogen-bond acceptors (Lipinski definition) is 5. The lowest BCUT2D eigenvalue weighted by Crippen LogP contribution is -2.61. The second-order valence-electron chi connectivity index (χ2n) is 4.56. The predicted molar refractivity (Wildman–Crippen MR) is 78.4 cm³/mol. The zero-order valence-corrected chi connectivity index (χ0v) is 12.2. The molecule has 3 amide bonds. The summed E-state index contributed by atoms with van der Waals surface area (Å²) in [5, 5.41) is 1.76. The summed E-state index contributed by atoms with van der Waals surface area (Å²) < 4.78 is 0. The molecule has 0 radical (unpaired) electrons. The Hall–Kier alpha value is -1.60. The minimum absolute atomic E-state index is 0.0820. The van der Waals surface area contributed by atoms with Crippen LogP contribution in [0.2, 0.25) is 0 Å². The monoisotopic (exact) mass is 308 g/mol. The van der Waals surface area contributed by atoms with Crippen LogP contribution in [0.3, 0.4) is 0 Å². The van der Waals surface area contributed by atoms with Crippen molar-refractivity contribution in [2.45, 2.75) is 6.04 Å². The number of nitrogens with zero attached hydrogens (tertiary/aromatic N) is 2. The summed E-state index contributed by atoms with van der Waals surface area (Å²) in [7, 11) is 0. The van der Waals surface area contributed by atoms with E-state index in [1.807, 2.05) is 17.5 Å². The Kier molecular flexibility index (Phi) is 3.62. The van der Waals surface area contributed by atoms with Crippen LogP contribution >= 0.6 is 23.1 Å². The van der Waals surface area contributed by atoms with E-state index in [9.17, 15) is 14.4 Å². The van der Waals surface area contributed by atoms with Crippen molar-refractivity contribution in [3.8, 4) is 0 Å². The van der Waals surface area contributed by atoms with E-state index in [0.29, 0.717) is 13.1 Å². The highest BCUT2D eigenvalue weighted by molar-refractivity contribution is 8.14. The van der Waals surface area contributed by atoms with Gasteiger partial charge in [-0.25, -0.2) is 0 Å². The third-order valence-corrected chi connectivity index (χ3v) is 4.93. The molecule has 0 saturated carbocycles. The second kappa shape index (κ2) is 5.41. The fourth-order valence-electron chi connectivity index (χ4n) is 2.16. The number of amides is 3. The molecule has 1 aromatic rings. The van der Waals surface area contributed by atoms with Crippen molar-refractivity contribution >= 4 is 46.2 Å². The third-order valence-electron chi connectivity index (χ3n) is 3.26. The fourth-order valence-corrected chi connectivity index (χ4v) is 3.55. The molecule has 0 aromatic carbocycles. The van der Waals surface area contributed by atoms with Crippen molar-refractivity contribution in [2.75, 3.05) is 18.8 Å². The average molecular weight is 308 g/mol. The molecule has 2 aliphatic heterocycles. The number of thiophene rings is 1. The van der Waals surface area contributed by atoms with E-state index in [1.165, 1.54) is 11.0 Å². The highest BCUT2D eigenvalue weighted by atomic mass is 32.2. The van der Waals surface area contributed by atoms with Crippen molar-refractivity contribution in [1.29, 1.82) is 0 Å². The molecule has 3 rings (SSSR count). The van der Waals surface area contributed by atoms with Gasteiger partial charge in [-0.2, -0.15) is 0 Å². The van der Waals surface area contributed by atoms with Crippen LogP contribution in [-0.4, -0.2) is 51.7 Å². The van der Waals surface area contributed by atoms with Crippen molar-refractivity contribution < 1.29 is 14.4 Å². The zero-order valence-electron chi connectivity index (χ0n) is 10.5. The first-order valence-electron chi connectivity index (χ1n) is 6.14. The molecule has 7 heteroatoms. The number of rotatable bonds is 3. The first kappa shape index (κ1) is 13.4. The Morgan fingerprint density at radius 1 is 1.35 bits per heavy atom. The van der Waals surface area contributed by atoms with Crippen LogP contribution in [0.1, 0.15) is 4.88 Å². The van der Waals surface area contributed by atoms with Gasteiger partial charge in [0.15, 0.2) is 0 Å². The van der Waals surface area contributed by atoms with E-state index in [4.69, 9.17) is 0 Å². The maximum absolute atomic E-state index is 11.9. The summed E-state index contributed by atoms with van der Waals surface area (Å²) in [5.74, 6) is -0.00528. The number of likely N-dealkylation sites (tertiary alicyclic amines) is 1. The summed E-state index contributed by atoms with van der Waals surface area (Å²) in [6, 6.07) is 3.71. The van der Waals surface area contributed by atoms with Gasteiger partial charge in [-0.05, 0) is 17.5 Å². The molecule has 104 valence electrons. The number of imide groups is 1. The Labute approximate surface area is 124 Å². The first-order valence-corrected chi connectivity index (χ1v) is 8.01. The van der Waals surface area contributed by atoms with E-state index in [0.717, 1.165) is 16.6 Å². The van der Waals surface area contributed by atoms with Crippen LogP contribution in [0.4, 0.5) is 4.79 Å². The molecule has 0 unspecified atom stereocenters. The number of hydrogen-bond donors (Lipinski definition) is 0. The van der Waals surface area contributed by atoms with Crippen LogP contribution in [-0.2, 0) is 9.59 Å². The lowest BCUT2D eigenvalue weighted by atomic mass is 10.1. The van der Waals surface area contributed by atoms with Gasteiger partial charge in [0.2, 0.25) is 11.8 Å². The summed E-state index contributed by atoms with van der Waals surface area (Å²) in [4.78, 5) is 38.9. The van der Waals surface area contributed by atoms with Crippen LogP contribution in [0.25, 0.3) is 6.08 Å². The Balaban J connectivity index is 1.54. The van der Waals surface area contributed by atoms with E-state index < -0.39 is 0 Å². The van der Waals surface area contributed by atoms with Crippen LogP contribution in [0.5, 0.6) is 0 Å². The highest BCUT2D eigenvalue weighted by Gasteiger charge is 2.42. The summed E-state index contributed by atoms with van der Waals surface area (Å²) in [5.41, 5.74) is 0. The van der Waals surface area contributed by atoms with Gasteiger partial charge in [0.05, 0.1) is 11.8 Å². The molecule has 0 N–H and O–H groups in total. The lowest BCUT2D eigenvalue weighted by Gasteiger charge is -2.42. The average Bonchev–Trinajstić information content (AvgIpc) is 2.99. The van der Waals surface area contributed by atoms with Crippen LogP contribution < -0.4 is 0 Å². The van der Waals surface area contributed by atoms with Gasteiger partial charge < -0.3 is 4.90 Å². The molecule has 2 aliphatic rings. The van der Waals surface area contributed by atoms with Crippen LogP contribution in [0, 0.1) is 0 Å². The lowest BCUT2D eigenvalue weighted by molar-refractivity contribution is -0.138. The van der Waals surface area contributed by atoms with E-state index >= 15 is 0 Å². The van der Waals surface area contributed by atoms with Crippen molar-refractivity contribution in [3.63, 3.8) is 0 Å². The molecule has 2 fully saturated rings. The van der Waals surface area contributed by atoms with E-state index in [1.54, 1.807) is 22.3 Å². The van der Waals surface area contributed by atoms with Crippen molar-refractivity contribution in [2.24, 2.45) is 0 Å². The Morgan fingerprint density at radius 2 is 2.15 bits per heavy atom. The second-order valence-corrected chi connectivity index (χ2v) is 6.47. The van der Waals surface area contributed by atoms with Gasteiger partial charge in [0, 0.05) is 24.0 Å². The number of carbonyl (C=O) groups excluding carboxylic acids is 3. The van der Waals surface area contributed by atoms with Gasteiger partial charge in [0.25, 0.3) is 5.24 Å². The molecule has 0 spiro atoms. The standard InChI is InChI=1S/C13H12N2O3S2/c16-11(4-3-10-2-1-5-19-10)14-6-9(7-14)15-12(17)8-20-13(15)18/h1-5,9H,6-8H2. The van der Waals surface area contributed by atoms with Gasteiger partial charge in [0.1, 0.15) is 0 Å². The molecule has 0 aliphatic carbocycles. The smallest absolute Gasteiger partial charge is 0.289 e. The van der Waals surface area contributed by atoms with E-state index in [-0.39, 0.29) is 28.8 Å². The molecular formula is C13H12N2O3S2. The minimum atomic E-state index is -0.193. The zero-order chi connectivity index (χ0) is 14.1. The predicted octanol–water partition coefficient (Wildman–Crippen LogP) is 1.67. The molecule has 20 heavy (non-hydrogen) atoms. The topological polar surface area (TPSA) is 57.7 Å². The highest BCUT2D eigenvalue weighted by Crippen LogP contribution is 2.26. The molecule has 3 heterocycles. The summed E-state index contributed by atoms with van der Waals surface area (Å²) in [6.07, 6.45) is 3.31. The van der Waals surface area contributed by atoms with Crippen molar-refractivity contribution in [1.82, 2.24) is 9.80 Å². The maximum atomic E-state index is 11.9. The number of carbonyl (C=O) groups is 3.